The van der Waals surface area contributed by atoms with E-state index in [4.69, 9.17) is 19.4 Å². The van der Waals surface area contributed by atoms with Gasteiger partial charge in [0.15, 0.2) is 0 Å². The van der Waals surface area contributed by atoms with Gasteiger partial charge in [-0.3, -0.25) is 4.90 Å². The quantitative estimate of drug-likeness (QED) is 0.818. The van der Waals surface area contributed by atoms with E-state index in [1.54, 1.807) is 0 Å². The van der Waals surface area contributed by atoms with Gasteiger partial charge in [-0.25, -0.2) is 4.79 Å². The molecule has 0 aliphatic carbocycles. The van der Waals surface area contributed by atoms with Crippen LogP contribution in [0.1, 0.15) is 23.0 Å². The number of morpholine rings is 1. The maximum Gasteiger partial charge on any atom is 0.338 e. The number of furan rings is 1. The van der Waals surface area contributed by atoms with E-state index >= 15 is 0 Å². The molecule has 2 unspecified atom stereocenters. The molecule has 2 heterocycles. The number of carbonyl (C=O) groups is 1. The smallest absolute Gasteiger partial charge is 0.338 e. The number of rotatable bonds is 4. The Bertz CT molecular complexity index is 416. The van der Waals surface area contributed by atoms with Crippen LogP contribution in [0, 0.1) is 0 Å². The van der Waals surface area contributed by atoms with Gasteiger partial charge in [-0.15, -0.1) is 0 Å². The monoisotopic (exact) mass is 255 g/mol. The fourth-order valence-corrected chi connectivity index (χ4v) is 1.98. The molecule has 1 aromatic heterocycles. The molecule has 0 bridgehead atoms. The highest BCUT2D eigenvalue weighted by Crippen LogP contribution is 2.17. The van der Waals surface area contributed by atoms with Crippen molar-refractivity contribution in [1.82, 2.24) is 4.90 Å². The molecule has 1 aliphatic heterocycles. The fourth-order valence-electron chi connectivity index (χ4n) is 1.98. The SMILES string of the molecule is CC1COC(CO)CN1Cc1cc(C(=O)O)co1. The van der Waals surface area contributed by atoms with E-state index in [0.717, 1.165) is 0 Å². The molecule has 1 aliphatic rings. The lowest BCUT2D eigenvalue weighted by atomic mass is 10.2. The van der Waals surface area contributed by atoms with Crippen molar-refractivity contribution in [2.45, 2.75) is 25.6 Å². The number of hydrogen-bond acceptors (Lipinski definition) is 5. The van der Waals surface area contributed by atoms with E-state index in [-0.39, 0.29) is 24.3 Å². The Morgan fingerprint density at radius 2 is 2.39 bits per heavy atom. The van der Waals surface area contributed by atoms with Crippen LogP contribution < -0.4 is 0 Å². The van der Waals surface area contributed by atoms with Crippen molar-refractivity contribution in [3.05, 3.63) is 23.7 Å². The second-order valence-electron chi connectivity index (χ2n) is 4.52. The van der Waals surface area contributed by atoms with E-state index in [2.05, 4.69) is 4.90 Å². The Hall–Kier alpha value is -1.37. The summed E-state index contributed by atoms with van der Waals surface area (Å²) in [4.78, 5) is 12.8. The molecule has 1 aromatic rings. The Morgan fingerprint density at radius 1 is 1.61 bits per heavy atom. The number of carboxylic acid groups (broad SMARTS) is 1. The molecule has 1 saturated heterocycles. The molecule has 2 N–H and O–H groups in total. The van der Waals surface area contributed by atoms with Gasteiger partial charge in [0.1, 0.15) is 12.0 Å². The van der Waals surface area contributed by atoms with E-state index in [1.807, 2.05) is 6.92 Å². The van der Waals surface area contributed by atoms with Crippen LogP contribution in [0.4, 0.5) is 0 Å². The van der Waals surface area contributed by atoms with Gasteiger partial charge in [0.25, 0.3) is 0 Å². The molecule has 100 valence electrons. The summed E-state index contributed by atoms with van der Waals surface area (Å²) >= 11 is 0. The van der Waals surface area contributed by atoms with Gasteiger partial charge in [-0.2, -0.15) is 0 Å². The second kappa shape index (κ2) is 5.51. The number of nitrogens with zero attached hydrogens (tertiary/aromatic N) is 1. The second-order valence-corrected chi connectivity index (χ2v) is 4.52. The lowest BCUT2D eigenvalue weighted by molar-refractivity contribution is -0.0820. The normalized spacial score (nSPS) is 25.2. The van der Waals surface area contributed by atoms with Crippen molar-refractivity contribution in [3.63, 3.8) is 0 Å². The zero-order valence-electron chi connectivity index (χ0n) is 10.2. The standard InChI is InChI=1S/C12H17NO5/c1-8-6-17-11(5-14)4-13(8)3-10-2-9(7-18-10)12(15)16/h2,7-8,11,14H,3-6H2,1H3,(H,15,16). The molecule has 6 heteroatoms. The van der Waals surface area contributed by atoms with Crippen molar-refractivity contribution >= 4 is 5.97 Å². The third kappa shape index (κ3) is 2.90. The highest BCUT2D eigenvalue weighted by atomic mass is 16.5. The average molecular weight is 255 g/mol. The number of aliphatic hydroxyl groups is 1. The van der Waals surface area contributed by atoms with Crippen LogP contribution >= 0.6 is 0 Å². The summed E-state index contributed by atoms with van der Waals surface area (Å²) in [5, 5.41) is 17.9. The molecule has 1 fully saturated rings. The number of ether oxygens (including phenoxy) is 1. The van der Waals surface area contributed by atoms with Gasteiger partial charge >= 0.3 is 5.97 Å². The minimum absolute atomic E-state index is 0.0122. The van der Waals surface area contributed by atoms with Crippen LogP contribution in [0.2, 0.25) is 0 Å². The Kier molecular flexibility index (Phi) is 4.00. The molecule has 18 heavy (non-hydrogen) atoms. The van der Waals surface area contributed by atoms with Crippen molar-refractivity contribution < 1.29 is 24.2 Å². The molecule has 6 nitrogen and oxygen atoms in total. The molecule has 0 spiro atoms. The van der Waals surface area contributed by atoms with Crippen molar-refractivity contribution in [3.8, 4) is 0 Å². The van der Waals surface area contributed by atoms with Gasteiger partial charge < -0.3 is 19.4 Å². The maximum absolute atomic E-state index is 10.7. The average Bonchev–Trinajstić information content (AvgIpc) is 2.81. The maximum atomic E-state index is 10.7. The van der Waals surface area contributed by atoms with E-state index in [1.165, 1.54) is 12.3 Å². The Morgan fingerprint density at radius 3 is 3.00 bits per heavy atom. The number of aromatic carboxylic acids is 1. The first-order chi connectivity index (χ1) is 8.60. The summed E-state index contributed by atoms with van der Waals surface area (Å²) < 4.78 is 10.7. The van der Waals surface area contributed by atoms with Crippen molar-refractivity contribution in [2.24, 2.45) is 0 Å². The Balaban J connectivity index is 2.00. The molecule has 0 radical (unpaired) electrons. The first-order valence-electron chi connectivity index (χ1n) is 5.87. The topological polar surface area (TPSA) is 83.1 Å². The molecular weight excluding hydrogens is 238 g/mol. The number of hydrogen-bond donors (Lipinski definition) is 2. The van der Waals surface area contributed by atoms with Crippen LogP contribution in [0.25, 0.3) is 0 Å². The first kappa shape index (κ1) is 13.1. The highest BCUT2D eigenvalue weighted by molar-refractivity contribution is 5.87. The zero-order valence-corrected chi connectivity index (χ0v) is 10.2. The van der Waals surface area contributed by atoms with Gasteiger partial charge in [0.05, 0.1) is 31.4 Å². The molecule has 2 atom stereocenters. The summed E-state index contributed by atoms with van der Waals surface area (Å²) in [6.07, 6.45) is 1.06. The predicted molar refractivity (Wildman–Crippen MR) is 62.4 cm³/mol. The van der Waals surface area contributed by atoms with E-state index in [9.17, 15) is 4.79 Å². The summed E-state index contributed by atoms with van der Waals surface area (Å²) in [5.74, 6) is -0.383. The number of aliphatic hydroxyl groups excluding tert-OH is 1. The van der Waals surface area contributed by atoms with Crippen LogP contribution in [0.3, 0.4) is 0 Å². The minimum atomic E-state index is -0.992. The lowest BCUT2D eigenvalue weighted by Gasteiger charge is -2.36. The van der Waals surface area contributed by atoms with Crippen molar-refractivity contribution in [2.75, 3.05) is 19.8 Å². The molecule has 0 aromatic carbocycles. The van der Waals surface area contributed by atoms with E-state index in [0.29, 0.717) is 25.5 Å². The summed E-state index contributed by atoms with van der Waals surface area (Å²) in [6.45, 7) is 3.70. The summed E-state index contributed by atoms with van der Waals surface area (Å²) in [7, 11) is 0. The van der Waals surface area contributed by atoms with Gasteiger partial charge in [0.2, 0.25) is 0 Å². The third-order valence-corrected chi connectivity index (χ3v) is 3.10. The fraction of sp³-hybridized carbons (Fsp3) is 0.583. The molecular formula is C12H17NO5. The minimum Gasteiger partial charge on any atom is -0.478 e. The Labute approximate surface area is 105 Å². The highest BCUT2D eigenvalue weighted by Gasteiger charge is 2.26. The van der Waals surface area contributed by atoms with Crippen LogP contribution in [0.5, 0.6) is 0 Å². The van der Waals surface area contributed by atoms with Gasteiger partial charge in [-0.1, -0.05) is 0 Å². The molecule has 0 saturated carbocycles. The van der Waals surface area contributed by atoms with E-state index < -0.39 is 5.97 Å². The molecule has 0 amide bonds. The third-order valence-electron chi connectivity index (χ3n) is 3.10. The predicted octanol–water partition coefficient (Wildman–Crippen LogP) is 0.559. The largest absolute Gasteiger partial charge is 0.478 e. The van der Waals surface area contributed by atoms with Crippen LogP contribution in [-0.2, 0) is 11.3 Å². The van der Waals surface area contributed by atoms with Gasteiger partial charge in [-0.05, 0) is 13.0 Å². The lowest BCUT2D eigenvalue weighted by Crippen LogP contribution is -2.48. The van der Waals surface area contributed by atoms with Gasteiger partial charge in [0, 0.05) is 12.6 Å². The summed E-state index contributed by atoms with van der Waals surface area (Å²) in [5.41, 5.74) is 0.157. The zero-order chi connectivity index (χ0) is 13.1. The number of carboxylic acids is 1. The van der Waals surface area contributed by atoms with Crippen LogP contribution in [-0.4, -0.2) is 53.0 Å². The first-order valence-corrected chi connectivity index (χ1v) is 5.87. The van der Waals surface area contributed by atoms with Crippen LogP contribution in [0.15, 0.2) is 16.7 Å². The summed E-state index contributed by atoms with van der Waals surface area (Å²) in [6, 6.07) is 1.74. The molecule has 2 rings (SSSR count). The van der Waals surface area contributed by atoms with Crippen molar-refractivity contribution in [1.29, 1.82) is 0 Å².